The number of carboxylic acid groups (broad SMARTS) is 4. The number of nitrogens with two attached hydrogens (primary N) is 4. The Kier molecular flexibility index (Phi) is 46.9. The van der Waals surface area contributed by atoms with E-state index in [4.69, 9.17) is 22.9 Å². The van der Waals surface area contributed by atoms with Crippen molar-refractivity contribution in [2.24, 2.45) is 22.9 Å². The molecule has 0 saturated carbocycles. The van der Waals surface area contributed by atoms with E-state index in [9.17, 15) is 78.0 Å². The van der Waals surface area contributed by atoms with Gasteiger partial charge in [0.25, 0.3) is 0 Å². The van der Waals surface area contributed by atoms with Crippen LogP contribution in [0.4, 0.5) is 0 Å². The first-order valence-electron chi connectivity index (χ1n) is 18.4. The Morgan fingerprint density at radius 2 is 0.508 bits per heavy atom. The fourth-order valence-electron chi connectivity index (χ4n) is 3.51. The van der Waals surface area contributed by atoms with Gasteiger partial charge in [0.2, 0.25) is 0 Å². The van der Waals surface area contributed by atoms with E-state index >= 15 is 0 Å². The first-order valence-corrected chi connectivity index (χ1v) is 23.0. The molecule has 0 saturated heterocycles. The summed E-state index contributed by atoms with van der Waals surface area (Å²) in [5.74, 6) is -7.72. The summed E-state index contributed by atoms with van der Waals surface area (Å²) in [5, 5.41) is 40.2. The maximum absolute atomic E-state index is 11.2. The Bertz CT molecular complexity index is 1230. The van der Waals surface area contributed by atoms with Crippen molar-refractivity contribution in [2.75, 3.05) is 46.0 Å². The molecule has 0 aliphatic carbocycles. The maximum Gasteiger partial charge on any atom is 4.00 e. The average Bonchev–Trinajstić information content (AvgIpc) is 3.18. The number of rotatable bonds is 32. The molecule has 0 aliphatic heterocycles. The number of thioether (sulfide) groups is 4. The van der Waals surface area contributed by atoms with Crippen LogP contribution in [0.15, 0.2) is 0 Å². The molecule has 0 spiro atoms. The van der Waals surface area contributed by atoms with Crippen LogP contribution in [-0.2, 0) is 79.3 Å². The van der Waals surface area contributed by atoms with Gasteiger partial charge in [-0.05, 0) is 71.7 Å². The van der Waals surface area contributed by atoms with E-state index in [1.807, 2.05) is 27.7 Å². The normalized spacial score (nSPS) is 11.9. The van der Waals surface area contributed by atoms with Crippen LogP contribution in [0.25, 0.3) is 0 Å². The van der Waals surface area contributed by atoms with Gasteiger partial charge in [0, 0.05) is 0 Å². The molecule has 20 nitrogen and oxygen atoms in total. The molecular formula is C36H56N4O16S4Ti. The summed E-state index contributed by atoms with van der Waals surface area (Å²) >= 11 is 6.53. The molecule has 0 aliphatic rings. The van der Waals surface area contributed by atoms with Crippen LogP contribution in [0.3, 0.4) is 0 Å². The summed E-state index contributed by atoms with van der Waals surface area (Å²) in [6.45, 7) is 7.94. The second-order valence-corrected chi connectivity index (χ2v) is 17.4. The van der Waals surface area contributed by atoms with Crippen molar-refractivity contribution >= 4 is 117 Å². The predicted octanol–water partition coefficient (Wildman–Crippen LogP) is -5.06. The number of hydrogen-bond acceptors (Lipinski definition) is 24. The number of carboxylic acids is 4. The SMILES string of the molecule is CCSCC[C@H](N)C(=O)CC(=O)C(=O)[O-].CCSCC[C@H](N)C(=O)CC(=O)C(=O)[O-].CCSCC[C@H](N)C(=O)CC(=O)C(=O)[O-].CCSCC[C@H](N)C(=O)CC(=O)C(=O)[O-].[Ti+4]. The molecule has 8 N–H and O–H groups in total. The number of ketones is 8. The van der Waals surface area contributed by atoms with Gasteiger partial charge in [-0.2, -0.15) is 47.0 Å². The van der Waals surface area contributed by atoms with Crippen molar-refractivity contribution < 1.29 is 99.7 Å². The summed E-state index contributed by atoms with van der Waals surface area (Å²) in [6.07, 6.45) is -0.841. The fourth-order valence-corrected chi connectivity index (χ4v) is 6.35. The minimum Gasteiger partial charge on any atom is -0.542 e. The molecule has 0 aromatic rings. The van der Waals surface area contributed by atoms with Crippen LogP contribution in [0, 0.1) is 0 Å². The summed E-state index contributed by atoms with van der Waals surface area (Å²) in [4.78, 5) is 128. The van der Waals surface area contributed by atoms with Gasteiger partial charge in [0.15, 0.2) is 46.3 Å². The quantitative estimate of drug-likeness (QED) is 0.0212. The first kappa shape index (κ1) is 67.3. The van der Waals surface area contributed by atoms with Crippen LogP contribution in [0.2, 0.25) is 0 Å². The van der Waals surface area contributed by atoms with Crippen LogP contribution in [-0.4, -0.2) is 140 Å². The summed E-state index contributed by atoms with van der Waals surface area (Å²) < 4.78 is 0. The Morgan fingerprint density at radius 1 is 0.361 bits per heavy atom. The van der Waals surface area contributed by atoms with Crippen molar-refractivity contribution in [2.45, 2.75) is 103 Å². The minimum absolute atomic E-state index is 0. The number of aliphatic carboxylic acids is 4. The predicted molar refractivity (Wildman–Crippen MR) is 221 cm³/mol. The van der Waals surface area contributed by atoms with E-state index in [2.05, 4.69) is 0 Å². The Hall–Kier alpha value is -2.81. The molecule has 61 heavy (non-hydrogen) atoms. The minimum atomic E-state index is -1.83. The van der Waals surface area contributed by atoms with E-state index in [0.29, 0.717) is 25.7 Å². The van der Waals surface area contributed by atoms with Crippen LogP contribution >= 0.6 is 47.0 Å². The Balaban J connectivity index is -0.000000227. The molecule has 0 heterocycles. The van der Waals surface area contributed by atoms with Gasteiger partial charge < -0.3 is 62.5 Å². The molecule has 0 rings (SSSR count). The zero-order valence-electron chi connectivity index (χ0n) is 34.6. The van der Waals surface area contributed by atoms with Crippen LogP contribution in [0.5, 0.6) is 0 Å². The Labute approximate surface area is 387 Å². The van der Waals surface area contributed by atoms with Gasteiger partial charge in [0.05, 0.1) is 49.9 Å². The van der Waals surface area contributed by atoms with Gasteiger partial charge in [-0.3, -0.25) is 38.4 Å². The number of carbonyl (C=O) groups is 12. The van der Waals surface area contributed by atoms with E-state index in [0.717, 1.165) is 46.0 Å². The van der Waals surface area contributed by atoms with Gasteiger partial charge >= 0.3 is 21.7 Å². The van der Waals surface area contributed by atoms with Crippen LogP contribution < -0.4 is 43.4 Å². The average molecular weight is 977 g/mol. The van der Waals surface area contributed by atoms with Crippen molar-refractivity contribution in [3.8, 4) is 0 Å². The topological polar surface area (TPSA) is 401 Å². The summed E-state index contributed by atoms with van der Waals surface area (Å²) in [6, 6.07) is -3.03. The standard InChI is InChI=1S/4C9H15NO4S.Ti/c4*1-2-15-4-3-6(10)7(11)5-8(12)9(13)14;/h4*6H,2-5,10H2,1H3,(H,13,14);/q;;;;+4/p-4/t4*6-;/m0000./s1. The van der Waals surface area contributed by atoms with E-state index in [1.54, 1.807) is 47.0 Å². The van der Waals surface area contributed by atoms with E-state index in [-0.39, 0.29) is 21.7 Å². The molecule has 0 unspecified atom stereocenters. The van der Waals surface area contributed by atoms with Gasteiger partial charge in [0.1, 0.15) is 23.9 Å². The molecule has 4 atom stereocenters. The third-order valence-corrected chi connectivity index (χ3v) is 10.7. The number of hydrogen-bond donors (Lipinski definition) is 4. The molecule has 0 aromatic carbocycles. The largest absolute Gasteiger partial charge is 4.00 e. The zero-order chi connectivity index (χ0) is 47.4. The first-order chi connectivity index (χ1) is 27.9. The van der Waals surface area contributed by atoms with Crippen LogP contribution in [0.1, 0.15) is 79.1 Å². The molecule has 0 fully saturated rings. The third kappa shape index (κ3) is 41.0. The van der Waals surface area contributed by atoms with Crippen molar-refractivity contribution in [1.29, 1.82) is 0 Å². The number of carbonyl (C=O) groups excluding carboxylic acids is 12. The Morgan fingerprint density at radius 3 is 0.623 bits per heavy atom. The third-order valence-electron chi connectivity index (χ3n) is 7.01. The second kappa shape index (κ2) is 42.5. The zero-order valence-corrected chi connectivity index (χ0v) is 39.4. The fraction of sp³-hybridized carbons (Fsp3) is 0.667. The van der Waals surface area contributed by atoms with E-state index in [1.165, 1.54) is 0 Å². The maximum atomic E-state index is 11.2. The van der Waals surface area contributed by atoms with E-state index < -0.39 is 120 Å². The molecule has 344 valence electrons. The van der Waals surface area contributed by atoms with Crippen molar-refractivity contribution in [3.63, 3.8) is 0 Å². The molecule has 0 aromatic heterocycles. The van der Waals surface area contributed by atoms with Gasteiger partial charge in [-0.25, -0.2) is 0 Å². The monoisotopic (exact) mass is 976 g/mol. The smallest absolute Gasteiger partial charge is 0.542 e. The molecule has 0 radical (unpaired) electrons. The molecule has 0 bridgehead atoms. The summed E-state index contributed by atoms with van der Waals surface area (Å²) in [5.41, 5.74) is 21.9. The molecule has 0 amide bonds. The van der Waals surface area contributed by atoms with Crippen molar-refractivity contribution in [3.05, 3.63) is 0 Å². The molecule has 25 heteroatoms. The molecular weight excluding hydrogens is 921 g/mol. The van der Waals surface area contributed by atoms with Gasteiger partial charge in [-0.15, -0.1) is 0 Å². The second-order valence-electron chi connectivity index (χ2n) is 11.8. The van der Waals surface area contributed by atoms with Crippen molar-refractivity contribution in [1.82, 2.24) is 0 Å². The number of Topliss-reactive ketones (excluding diaryl/α,β-unsaturated/α-hetero) is 8. The summed E-state index contributed by atoms with van der Waals surface area (Å²) in [7, 11) is 0. The van der Waals surface area contributed by atoms with Gasteiger partial charge in [-0.1, -0.05) is 27.7 Å².